The number of hydrogen-bond donors (Lipinski definition) is 2. The van der Waals surface area contributed by atoms with Gasteiger partial charge in [-0.25, -0.2) is 13.1 Å². The third-order valence-electron chi connectivity index (χ3n) is 3.55. The van der Waals surface area contributed by atoms with E-state index >= 15 is 0 Å². The van der Waals surface area contributed by atoms with E-state index in [-0.39, 0.29) is 30.5 Å². The Kier molecular flexibility index (Phi) is 5.86. The van der Waals surface area contributed by atoms with Gasteiger partial charge in [0.25, 0.3) is 11.8 Å². The van der Waals surface area contributed by atoms with E-state index in [9.17, 15) is 18.0 Å². The highest BCUT2D eigenvalue weighted by Gasteiger charge is 2.34. The Hall–Kier alpha value is -1.77. The topological polar surface area (TPSA) is 95.6 Å². The molecular formula is C15H21N3O4S. The van der Waals surface area contributed by atoms with Crippen molar-refractivity contribution in [3.05, 3.63) is 35.4 Å². The Morgan fingerprint density at radius 2 is 1.65 bits per heavy atom. The maximum absolute atomic E-state index is 12.1. The minimum Gasteiger partial charge on any atom is -0.316 e. The zero-order chi connectivity index (χ0) is 16.9. The van der Waals surface area contributed by atoms with Gasteiger partial charge in [0.15, 0.2) is 0 Å². The Labute approximate surface area is 136 Å². The van der Waals surface area contributed by atoms with Gasteiger partial charge >= 0.3 is 0 Å². The second-order valence-corrected chi connectivity index (χ2v) is 7.15. The molecule has 1 aromatic rings. The van der Waals surface area contributed by atoms with E-state index in [4.69, 9.17) is 0 Å². The smallest absolute Gasteiger partial charge is 0.261 e. The summed E-state index contributed by atoms with van der Waals surface area (Å²) in [6, 6.07) is 6.61. The van der Waals surface area contributed by atoms with Crippen LogP contribution in [0.4, 0.5) is 0 Å². The van der Waals surface area contributed by atoms with Crippen LogP contribution in [0.25, 0.3) is 0 Å². The molecule has 0 saturated heterocycles. The van der Waals surface area contributed by atoms with Gasteiger partial charge in [-0.1, -0.05) is 19.1 Å². The molecule has 23 heavy (non-hydrogen) atoms. The van der Waals surface area contributed by atoms with Gasteiger partial charge in [0.2, 0.25) is 10.0 Å². The molecule has 0 fully saturated rings. The number of carbonyl (C=O) groups is 2. The lowest BCUT2D eigenvalue weighted by Crippen LogP contribution is -2.35. The molecule has 0 aromatic heterocycles. The van der Waals surface area contributed by atoms with Gasteiger partial charge in [-0.15, -0.1) is 0 Å². The molecule has 0 spiro atoms. The van der Waals surface area contributed by atoms with E-state index in [2.05, 4.69) is 10.0 Å². The Bertz CT molecular complexity index is 653. The molecule has 2 amide bonds. The molecule has 2 rings (SSSR count). The van der Waals surface area contributed by atoms with Crippen LogP contribution >= 0.6 is 0 Å². The number of fused-ring (bicyclic) bond motifs is 1. The Balaban J connectivity index is 1.83. The van der Waals surface area contributed by atoms with Crippen LogP contribution in [-0.4, -0.2) is 57.1 Å². The Morgan fingerprint density at radius 1 is 1.04 bits per heavy atom. The lowest BCUT2D eigenvalue weighted by molar-refractivity contribution is 0.0654. The lowest BCUT2D eigenvalue weighted by atomic mass is 10.1. The first-order valence-corrected chi connectivity index (χ1v) is 9.25. The zero-order valence-electron chi connectivity index (χ0n) is 13.0. The summed E-state index contributed by atoms with van der Waals surface area (Å²) in [7, 11) is -3.40. The molecule has 1 heterocycles. The molecule has 2 N–H and O–H groups in total. The van der Waals surface area contributed by atoms with Crippen LogP contribution in [0.2, 0.25) is 0 Å². The summed E-state index contributed by atoms with van der Waals surface area (Å²) < 4.78 is 26.1. The number of carbonyl (C=O) groups excluding carboxylic acids is 2. The molecule has 1 aliphatic rings. The molecular weight excluding hydrogens is 318 g/mol. The van der Waals surface area contributed by atoms with E-state index < -0.39 is 10.0 Å². The van der Waals surface area contributed by atoms with Crippen LogP contribution in [0, 0.1) is 0 Å². The second-order valence-electron chi connectivity index (χ2n) is 5.23. The zero-order valence-corrected chi connectivity index (χ0v) is 13.9. The molecule has 0 unspecified atom stereocenters. The normalized spacial score (nSPS) is 14.4. The maximum atomic E-state index is 12.1. The SMILES string of the molecule is CCNCCNS(=O)(=O)CCCN1C(=O)c2ccccc2C1=O. The minimum atomic E-state index is -3.40. The highest BCUT2D eigenvalue weighted by molar-refractivity contribution is 7.89. The number of nitrogens with one attached hydrogen (secondary N) is 2. The molecule has 126 valence electrons. The van der Waals surface area contributed by atoms with E-state index in [1.807, 2.05) is 6.92 Å². The van der Waals surface area contributed by atoms with Gasteiger partial charge in [0.1, 0.15) is 0 Å². The van der Waals surface area contributed by atoms with Gasteiger partial charge < -0.3 is 5.32 Å². The van der Waals surface area contributed by atoms with Crippen LogP contribution in [0.1, 0.15) is 34.1 Å². The fourth-order valence-electron chi connectivity index (χ4n) is 2.40. The molecule has 1 aliphatic heterocycles. The monoisotopic (exact) mass is 339 g/mol. The fraction of sp³-hybridized carbons (Fsp3) is 0.467. The van der Waals surface area contributed by atoms with Crippen molar-refractivity contribution >= 4 is 21.8 Å². The van der Waals surface area contributed by atoms with E-state index in [1.54, 1.807) is 24.3 Å². The molecule has 1 aromatic carbocycles. The summed E-state index contributed by atoms with van der Waals surface area (Å²) in [4.78, 5) is 25.4. The first kappa shape index (κ1) is 17.6. The predicted octanol–water partition coefficient (Wildman–Crippen LogP) is 0.202. The quantitative estimate of drug-likeness (QED) is 0.495. The van der Waals surface area contributed by atoms with Gasteiger partial charge in [-0.05, 0) is 25.1 Å². The predicted molar refractivity (Wildman–Crippen MR) is 86.8 cm³/mol. The second kappa shape index (κ2) is 7.67. The highest BCUT2D eigenvalue weighted by atomic mass is 32.2. The van der Waals surface area contributed by atoms with Gasteiger partial charge in [-0.2, -0.15) is 0 Å². The average Bonchev–Trinajstić information content (AvgIpc) is 2.77. The third kappa shape index (κ3) is 4.37. The number of benzene rings is 1. The Morgan fingerprint density at radius 3 is 2.22 bits per heavy atom. The number of nitrogens with zero attached hydrogens (tertiary/aromatic N) is 1. The highest BCUT2D eigenvalue weighted by Crippen LogP contribution is 2.22. The van der Waals surface area contributed by atoms with Crippen molar-refractivity contribution in [2.75, 3.05) is 31.9 Å². The van der Waals surface area contributed by atoms with E-state index in [1.165, 1.54) is 0 Å². The summed E-state index contributed by atoms with van der Waals surface area (Å²) in [5, 5.41) is 3.02. The third-order valence-corrected chi connectivity index (χ3v) is 5.02. The first-order valence-electron chi connectivity index (χ1n) is 7.59. The van der Waals surface area contributed by atoms with Crippen molar-refractivity contribution in [3.8, 4) is 0 Å². The fourth-order valence-corrected chi connectivity index (χ4v) is 3.47. The van der Waals surface area contributed by atoms with Crippen molar-refractivity contribution in [3.63, 3.8) is 0 Å². The molecule has 7 nitrogen and oxygen atoms in total. The van der Waals surface area contributed by atoms with Gasteiger partial charge in [0, 0.05) is 19.6 Å². The van der Waals surface area contributed by atoms with Crippen LogP contribution in [0.5, 0.6) is 0 Å². The summed E-state index contributed by atoms with van der Waals surface area (Å²) in [6.45, 7) is 3.70. The molecule has 8 heteroatoms. The summed E-state index contributed by atoms with van der Waals surface area (Å²) in [5.74, 6) is -0.835. The van der Waals surface area contributed by atoms with Crippen LogP contribution in [0.15, 0.2) is 24.3 Å². The summed E-state index contributed by atoms with van der Waals surface area (Å²) in [5.41, 5.74) is 0.758. The lowest BCUT2D eigenvalue weighted by Gasteiger charge is -2.14. The van der Waals surface area contributed by atoms with Crippen molar-refractivity contribution in [1.82, 2.24) is 14.9 Å². The van der Waals surface area contributed by atoms with Crippen LogP contribution in [0.3, 0.4) is 0 Å². The summed E-state index contributed by atoms with van der Waals surface area (Å²) in [6.07, 6.45) is 0.210. The number of likely N-dealkylation sites (N-methyl/N-ethyl adjacent to an activating group) is 1. The summed E-state index contributed by atoms with van der Waals surface area (Å²) >= 11 is 0. The van der Waals surface area contributed by atoms with Crippen molar-refractivity contribution in [2.24, 2.45) is 0 Å². The van der Waals surface area contributed by atoms with E-state index in [0.29, 0.717) is 24.2 Å². The number of amides is 2. The number of rotatable bonds is 9. The van der Waals surface area contributed by atoms with Crippen molar-refractivity contribution < 1.29 is 18.0 Å². The molecule has 0 saturated carbocycles. The van der Waals surface area contributed by atoms with Crippen molar-refractivity contribution in [1.29, 1.82) is 0 Å². The maximum Gasteiger partial charge on any atom is 0.261 e. The van der Waals surface area contributed by atoms with Gasteiger partial charge in [0.05, 0.1) is 16.9 Å². The number of sulfonamides is 1. The molecule has 0 aliphatic carbocycles. The van der Waals surface area contributed by atoms with Gasteiger partial charge in [-0.3, -0.25) is 14.5 Å². The largest absolute Gasteiger partial charge is 0.316 e. The standard InChI is InChI=1S/C15H21N3O4S/c1-2-16-8-9-17-23(21,22)11-5-10-18-14(19)12-6-3-4-7-13(12)15(18)20/h3-4,6-7,16-17H,2,5,8-11H2,1H3. The number of imide groups is 1. The first-order chi connectivity index (χ1) is 11.0. The van der Waals surface area contributed by atoms with Crippen LogP contribution in [-0.2, 0) is 10.0 Å². The van der Waals surface area contributed by atoms with E-state index in [0.717, 1.165) is 11.4 Å². The van der Waals surface area contributed by atoms with Crippen molar-refractivity contribution in [2.45, 2.75) is 13.3 Å². The number of hydrogen-bond acceptors (Lipinski definition) is 5. The molecule has 0 radical (unpaired) electrons. The molecule has 0 atom stereocenters. The average molecular weight is 339 g/mol. The minimum absolute atomic E-state index is 0.0977. The van der Waals surface area contributed by atoms with Crippen LogP contribution < -0.4 is 10.0 Å². The molecule has 0 bridgehead atoms.